The Bertz CT molecular complexity index is 1100. The highest BCUT2D eigenvalue weighted by atomic mass is 19.4. The van der Waals surface area contributed by atoms with Crippen LogP contribution in [0.25, 0.3) is 0 Å². The molecular weight excluding hydrogens is 455 g/mol. The van der Waals surface area contributed by atoms with Gasteiger partial charge in [-0.25, -0.2) is 4.79 Å². The summed E-state index contributed by atoms with van der Waals surface area (Å²) in [6.45, 7) is 8.11. The van der Waals surface area contributed by atoms with Gasteiger partial charge in [-0.05, 0) is 75.1 Å². The van der Waals surface area contributed by atoms with Gasteiger partial charge >= 0.3 is 12.1 Å². The lowest BCUT2D eigenvalue weighted by Crippen LogP contribution is -2.07. The van der Waals surface area contributed by atoms with E-state index in [1.54, 1.807) is 0 Å². The van der Waals surface area contributed by atoms with Crippen LogP contribution in [0.2, 0.25) is 0 Å². The molecule has 0 heterocycles. The van der Waals surface area contributed by atoms with Crippen LogP contribution in [-0.2, 0) is 12.6 Å². The molecule has 2 N–H and O–H groups in total. The number of halogens is 3. The highest BCUT2D eigenvalue weighted by Crippen LogP contribution is 2.33. The van der Waals surface area contributed by atoms with Crippen molar-refractivity contribution in [2.24, 2.45) is 4.99 Å². The number of benzene rings is 2. The first-order valence-electron chi connectivity index (χ1n) is 11.4. The molecule has 0 spiro atoms. The number of aryl methyl sites for hydroxylation is 1. The molecule has 0 amide bonds. The number of alkyl halides is 3. The van der Waals surface area contributed by atoms with Crippen molar-refractivity contribution in [2.45, 2.75) is 66.0 Å². The number of hydrogen-bond acceptors (Lipinski definition) is 3. The van der Waals surface area contributed by atoms with Gasteiger partial charge in [0.15, 0.2) is 0 Å². The van der Waals surface area contributed by atoms with Gasteiger partial charge in [0.2, 0.25) is 0 Å². The molecule has 35 heavy (non-hydrogen) atoms. The zero-order valence-electron chi connectivity index (χ0n) is 20.5. The van der Waals surface area contributed by atoms with E-state index < -0.39 is 23.5 Å². The summed E-state index contributed by atoms with van der Waals surface area (Å²) >= 11 is 0. The largest absolute Gasteiger partial charge is 0.508 e. The predicted octanol–water partition coefficient (Wildman–Crippen LogP) is 7.63. The maximum absolute atomic E-state index is 13.1. The molecule has 0 unspecified atom stereocenters. The number of allylic oxidation sites excluding steroid dienone is 1. The van der Waals surface area contributed by atoms with Crippen LogP contribution in [-0.4, -0.2) is 21.9 Å². The second-order valence-electron chi connectivity index (χ2n) is 7.98. The fourth-order valence-electron chi connectivity index (χ4n) is 2.94. The van der Waals surface area contributed by atoms with Crippen molar-refractivity contribution < 1.29 is 28.2 Å². The molecule has 7 heteroatoms. The summed E-state index contributed by atoms with van der Waals surface area (Å²) in [4.78, 5) is 15.2. The van der Waals surface area contributed by atoms with Crippen molar-refractivity contribution >= 4 is 11.7 Å². The minimum Gasteiger partial charge on any atom is -0.508 e. The highest BCUT2D eigenvalue weighted by molar-refractivity contribution is 5.88. The number of carboxylic acid groups (broad SMARTS) is 1. The molecule has 0 radical (unpaired) electrons. The Morgan fingerprint density at radius 1 is 1.03 bits per heavy atom. The molecule has 0 aliphatic rings. The molecule has 0 fully saturated rings. The van der Waals surface area contributed by atoms with Crippen molar-refractivity contribution in [2.75, 3.05) is 0 Å². The van der Waals surface area contributed by atoms with E-state index in [0.717, 1.165) is 43.5 Å². The topological polar surface area (TPSA) is 69.9 Å². The van der Waals surface area contributed by atoms with E-state index in [1.165, 1.54) is 18.2 Å². The molecule has 4 nitrogen and oxygen atoms in total. The van der Waals surface area contributed by atoms with Gasteiger partial charge in [-0.2, -0.15) is 13.2 Å². The molecule has 0 aliphatic carbocycles. The van der Waals surface area contributed by atoms with Gasteiger partial charge in [-0.15, -0.1) is 0 Å². The number of carboxylic acids is 1. The molecule has 0 aromatic heterocycles. The number of rotatable bonds is 7. The first-order valence-corrected chi connectivity index (χ1v) is 11.4. The molecule has 0 bridgehead atoms. The van der Waals surface area contributed by atoms with E-state index in [4.69, 9.17) is 5.11 Å². The molecule has 2 rings (SSSR count). The zero-order valence-corrected chi connectivity index (χ0v) is 20.5. The van der Waals surface area contributed by atoms with Gasteiger partial charge in [-0.3, -0.25) is 4.99 Å². The molecule has 188 valence electrons. The number of unbranched alkanes of at least 4 members (excludes halogenated alkanes) is 2. The van der Waals surface area contributed by atoms with Crippen LogP contribution in [0.15, 0.2) is 53.7 Å². The zero-order chi connectivity index (χ0) is 26.4. The second-order valence-corrected chi connectivity index (χ2v) is 7.98. The summed E-state index contributed by atoms with van der Waals surface area (Å²) in [5.74, 6) is 3.69. The Kier molecular flexibility index (Phi) is 12.4. The summed E-state index contributed by atoms with van der Waals surface area (Å²) in [5, 5.41) is 18.5. The van der Waals surface area contributed by atoms with Gasteiger partial charge in [0.25, 0.3) is 0 Å². The number of carbonyl (C=O) groups is 1. The van der Waals surface area contributed by atoms with Crippen molar-refractivity contribution in [3.05, 3.63) is 76.5 Å². The molecule has 0 saturated heterocycles. The first-order chi connectivity index (χ1) is 16.5. The molecule has 0 atom stereocenters. The van der Waals surface area contributed by atoms with Crippen LogP contribution in [0.4, 0.5) is 13.2 Å². The molecular formula is C28H32F3NO3. The van der Waals surface area contributed by atoms with E-state index in [-0.39, 0.29) is 11.1 Å². The van der Waals surface area contributed by atoms with Crippen LogP contribution in [0.5, 0.6) is 5.75 Å². The van der Waals surface area contributed by atoms with Crippen LogP contribution >= 0.6 is 0 Å². The quantitative estimate of drug-likeness (QED) is 0.240. The fourth-order valence-corrected chi connectivity index (χ4v) is 2.94. The number of aromatic carboxylic acids is 1. The SMILES string of the molecule is CC/C=C\N=C(C)C.CCCCCc1cc(C(=O)O)ccc1C#Cc1ccc(O)cc1C(F)(F)F. The Morgan fingerprint density at radius 3 is 2.26 bits per heavy atom. The van der Waals surface area contributed by atoms with Gasteiger partial charge in [-0.1, -0.05) is 44.6 Å². The van der Waals surface area contributed by atoms with Gasteiger partial charge in [0.1, 0.15) is 5.75 Å². The van der Waals surface area contributed by atoms with Crippen LogP contribution in [0, 0.1) is 11.8 Å². The lowest BCUT2D eigenvalue weighted by molar-refractivity contribution is -0.137. The third-order valence-corrected chi connectivity index (χ3v) is 4.72. The Morgan fingerprint density at radius 2 is 1.69 bits per heavy atom. The van der Waals surface area contributed by atoms with Gasteiger partial charge in [0, 0.05) is 23.0 Å². The molecule has 2 aromatic rings. The smallest absolute Gasteiger partial charge is 0.417 e. The lowest BCUT2D eigenvalue weighted by Gasteiger charge is -2.09. The number of hydrogen-bond donors (Lipinski definition) is 2. The van der Waals surface area contributed by atoms with Gasteiger partial charge in [0.05, 0.1) is 11.1 Å². The average molecular weight is 488 g/mol. The minimum atomic E-state index is -4.64. The molecule has 2 aromatic carbocycles. The van der Waals surface area contributed by atoms with E-state index in [2.05, 4.69) is 23.8 Å². The Hall–Kier alpha value is -3.53. The van der Waals surface area contributed by atoms with Crippen molar-refractivity contribution in [3.63, 3.8) is 0 Å². The number of aliphatic imine (C=N–C) groups is 1. The van der Waals surface area contributed by atoms with Crippen LogP contribution in [0.3, 0.4) is 0 Å². The molecule has 0 aliphatic heterocycles. The maximum Gasteiger partial charge on any atom is 0.417 e. The summed E-state index contributed by atoms with van der Waals surface area (Å²) in [6.07, 6.45) is 3.68. The van der Waals surface area contributed by atoms with E-state index in [0.29, 0.717) is 23.6 Å². The summed E-state index contributed by atoms with van der Waals surface area (Å²) in [5.41, 5.74) is 1.16. The summed E-state index contributed by atoms with van der Waals surface area (Å²) < 4.78 is 39.4. The normalized spacial score (nSPS) is 10.7. The average Bonchev–Trinajstić information content (AvgIpc) is 2.78. The number of aromatic hydroxyl groups is 1. The third-order valence-electron chi connectivity index (χ3n) is 4.72. The molecule has 0 saturated carbocycles. The Labute approximate surface area is 205 Å². The van der Waals surface area contributed by atoms with E-state index in [1.807, 2.05) is 33.0 Å². The monoisotopic (exact) mass is 487 g/mol. The van der Waals surface area contributed by atoms with E-state index in [9.17, 15) is 23.1 Å². The lowest BCUT2D eigenvalue weighted by atomic mass is 9.98. The predicted molar refractivity (Wildman–Crippen MR) is 134 cm³/mol. The van der Waals surface area contributed by atoms with Crippen LogP contribution < -0.4 is 0 Å². The standard InChI is InChI=1S/C21H19F3O3.C7H13N/c1-2-3-4-5-16-12-17(20(26)27)9-7-14(16)6-8-15-10-11-18(25)13-19(15)21(22,23)24;1-4-5-6-8-7(2)3/h7,9-13,25H,2-5H2,1H3,(H,26,27);5-6H,4H2,1-3H3/b;6-5-. The second kappa shape index (κ2) is 14.7. The number of nitrogens with zero attached hydrogens (tertiary/aromatic N) is 1. The van der Waals surface area contributed by atoms with Crippen LogP contribution in [0.1, 0.15) is 86.0 Å². The van der Waals surface area contributed by atoms with Crippen molar-refractivity contribution in [3.8, 4) is 17.6 Å². The third kappa shape index (κ3) is 11.0. The first kappa shape index (κ1) is 29.5. The minimum absolute atomic E-state index is 0.118. The maximum atomic E-state index is 13.1. The summed E-state index contributed by atoms with van der Waals surface area (Å²) in [7, 11) is 0. The Balaban J connectivity index is 0.000000658. The van der Waals surface area contributed by atoms with Gasteiger partial charge < -0.3 is 10.2 Å². The summed E-state index contributed by atoms with van der Waals surface area (Å²) in [6, 6.07) is 7.33. The highest BCUT2D eigenvalue weighted by Gasteiger charge is 2.33. The number of phenolic OH excluding ortho intramolecular Hbond substituents is 1. The van der Waals surface area contributed by atoms with E-state index >= 15 is 0 Å². The number of phenols is 1. The fraction of sp³-hybridized carbons (Fsp3) is 0.357. The van der Waals surface area contributed by atoms with Crippen molar-refractivity contribution in [1.29, 1.82) is 0 Å². The van der Waals surface area contributed by atoms with Crippen molar-refractivity contribution in [1.82, 2.24) is 0 Å².